The highest BCUT2D eigenvalue weighted by molar-refractivity contribution is 6.31. The predicted octanol–water partition coefficient (Wildman–Crippen LogP) is 3.55. The maximum Gasteiger partial charge on any atom is 0.257 e. The Hall–Kier alpha value is -2.70. The minimum atomic E-state index is 0.0685. The summed E-state index contributed by atoms with van der Waals surface area (Å²) in [7, 11) is 0. The van der Waals surface area contributed by atoms with Crippen molar-refractivity contribution >= 4 is 17.5 Å². The van der Waals surface area contributed by atoms with E-state index in [1.807, 2.05) is 72.2 Å². The summed E-state index contributed by atoms with van der Waals surface area (Å²) >= 11 is 6.30. The van der Waals surface area contributed by atoms with Crippen molar-refractivity contribution in [2.45, 2.75) is 26.9 Å². The Labute approximate surface area is 182 Å². The van der Waals surface area contributed by atoms with Crippen LogP contribution in [0.2, 0.25) is 5.02 Å². The Morgan fingerprint density at radius 1 is 1.00 bits per heavy atom. The molecule has 0 saturated carbocycles. The molecule has 1 aliphatic rings. The van der Waals surface area contributed by atoms with Gasteiger partial charge in [0.05, 0.1) is 17.8 Å². The van der Waals surface area contributed by atoms with E-state index in [1.54, 1.807) is 0 Å². The van der Waals surface area contributed by atoms with Crippen LogP contribution in [0.25, 0.3) is 0 Å². The molecule has 0 bridgehead atoms. The van der Waals surface area contributed by atoms with E-state index in [-0.39, 0.29) is 5.91 Å². The fourth-order valence-electron chi connectivity index (χ4n) is 3.96. The van der Waals surface area contributed by atoms with Gasteiger partial charge in [0, 0.05) is 55.8 Å². The third-order valence-electron chi connectivity index (χ3n) is 5.69. The Morgan fingerprint density at radius 3 is 2.40 bits per heavy atom. The Morgan fingerprint density at radius 2 is 1.70 bits per heavy atom. The summed E-state index contributed by atoms with van der Waals surface area (Å²) in [5.41, 5.74) is 4.61. The Balaban J connectivity index is 1.43. The average molecular weight is 424 g/mol. The lowest BCUT2D eigenvalue weighted by Gasteiger charge is -2.34. The van der Waals surface area contributed by atoms with E-state index in [9.17, 15) is 4.79 Å². The van der Waals surface area contributed by atoms with Crippen molar-refractivity contribution in [2.24, 2.45) is 0 Å². The molecule has 3 aromatic rings. The van der Waals surface area contributed by atoms with Gasteiger partial charge in [-0.2, -0.15) is 5.10 Å². The van der Waals surface area contributed by atoms with E-state index in [0.29, 0.717) is 17.1 Å². The molecule has 7 heteroatoms. The number of pyridine rings is 1. The molecule has 0 radical (unpaired) electrons. The highest BCUT2D eigenvalue weighted by atomic mass is 35.5. The van der Waals surface area contributed by atoms with Crippen molar-refractivity contribution in [1.29, 1.82) is 0 Å². The Kier molecular flexibility index (Phi) is 6.16. The molecule has 4 rings (SSSR count). The first-order valence-electron chi connectivity index (χ1n) is 10.2. The van der Waals surface area contributed by atoms with Crippen LogP contribution in [-0.4, -0.2) is 56.7 Å². The van der Waals surface area contributed by atoms with Gasteiger partial charge in [0.1, 0.15) is 0 Å². The first-order valence-corrected chi connectivity index (χ1v) is 10.6. The van der Waals surface area contributed by atoms with Gasteiger partial charge in [0.25, 0.3) is 5.91 Å². The second kappa shape index (κ2) is 8.98. The third-order valence-corrected chi connectivity index (χ3v) is 6.06. The molecule has 1 saturated heterocycles. The normalized spacial score (nSPS) is 14.8. The van der Waals surface area contributed by atoms with E-state index in [4.69, 9.17) is 11.6 Å². The summed E-state index contributed by atoms with van der Waals surface area (Å²) in [6.45, 7) is 8.47. The van der Waals surface area contributed by atoms with Crippen LogP contribution in [0.4, 0.5) is 0 Å². The number of carbonyl (C=O) groups is 1. The SMILES string of the molecule is Cc1nn(Cc2ccccc2Cl)c(C)c1C(=O)N1CCN(Cc2ccncc2)CC1. The van der Waals surface area contributed by atoms with Crippen LogP contribution in [0.5, 0.6) is 0 Å². The number of benzene rings is 1. The fraction of sp³-hybridized carbons (Fsp3) is 0.348. The zero-order valence-corrected chi connectivity index (χ0v) is 18.1. The molecule has 1 fully saturated rings. The average Bonchev–Trinajstić information content (AvgIpc) is 3.03. The van der Waals surface area contributed by atoms with E-state index in [2.05, 4.69) is 15.0 Å². The number of piperazine rings is 1. The number of halogens is 1. The van der Waals surface area contributed by atoms with Crippen LogP contribution in [-0.2, 0) is 13.1 Å². The minimum Gasteiger partial charge on any atom is -0.336 e. The molecule has 1 amide bonds. The van der Waals surface area contributed by atoms with E-state index < -0.39 is 0 Å². The van der Waals surface area contributed by atoms with Crippen LogP contribution in [0.3, 0.4) is 0 Å². The largest absolute Gasteiger partial charge is 0.336 e. The minimum absolute atomic E-state index is 0.0685. The summed E-state index contributed by atoms with van der Waals surface area (Å²) in [6.07, 6.45) is 3.64. The van der Waals surface area contributed by atoms with Crippen molar-refractivity contribution in [1.82, 2.24) is 24.6 Å². The molecule has 1 aromatic carbocycles. The lowest BCUT2D eigenvalue weighted by Crippen LogP contribution is -2.48. The van der Waals surface area contributed by atoms with Gasteiger partial charge in [-0.1, -0.05) is 29.8 Å². The first-order chi connectivity index (χ1) is 14.5. The predicted molar refractivity (Wildman–Crippen MR) is 118 cm³/mol. The van der Waals surface area contributed by atoms with Crippen molar-refractivity contribution < 1.29 is 4.79 Å². The topological polar surface area (TPSA) is 54.3 Å². The monoisotopic (exact) mass is 423 g/mol. The van der Waals surface area contributed by atoms with Crippen LogP contribution in [0.15, 0.2) is 48.8 Å². The zero-order valence-electron chi connectivity index (χ0n) is 17.4. The highest BCUT2D eigenvalue weighted by Gasteiger charge is 2.27. The summed E-state index contributed by atoms with van der Waals surface area (Å²) in [5.74, 6) is 0.0685. The van der Waals surface area contributed by atoms with Gasteiger partial charge in [-0.25, -0.2) is 0 Å². The van der Waals surface area contributed by atoms with Crippen LogP contribution < -0.4 is 0 Å². The molecule has 0 atom stereocenters. The van der Waals surface area contributed by atoms with E-state index >= 15 is 0 Å². The molecule has 6 nitrogen and oxygen atoms in total. The van der Waals surface area contributed by atoms with Gasteiger partial charge >= 0.3 is 0 Å². The van der Waals surface area contributed by atoms with E-state index in [1.165, 1.54) is 5.56 Å². The fourth-order valence-corrected chi connectivity index (χ4v) is 4.16. The maximum atomic E-state index is 13.3. The lowest BCUT2D eigenvalue weighted by atomic mass is 10.1. The number of hydrogen-bond donors (Lipinski definition) is 0. The van der Waals surface area contributed by atoms with Gasteiger partial charge in [-0.05, 0) is 43.2 Å². The molecule has 0 spiro atoms. The molecule has 156 valence electrons. The standard InChI is InChI=1S/C23H26ClN5O/c1-17-22(18(2)29(26-17)16-20-5-3-4-6-21(20)24)23(30)28-13-11-27(12-14-28)15-19-7-9-25-10-8-19/h3-10H,11-16H2,1-2H3. The summed E-state index contributed by atoms with van der Waals surface area (Å²) in [5, 5.41) is 5.34. The van der Waals surface area contributed by atoms with Crippen LogP contribution in [0.1, 0.15) is 32.9 Å². The number of aromatic nitrogens is 3. The van der Waals surface area contributed by atoms with Crippen molar-refractivity contribution in [2.75, 3.05) is 26.2 Å². The van der Waals surface area contributed by atoms with E-state index in [0.717, 1.165) is 49.7 Å². The summed E-state index contributed by atoms with van der Waals surface area (Å²) in [6, 6.07) is 11.8. The number of hydrogen-bond acceptors (Lipinski definition) is 4. The third kappa shape index (κ3) is 4.40. The molecular formula is C23H26ClN5O. The molecule has 2 aromatic heterocycles. The number of amides is 1. The van der Waals surface area contributed by atoms with Gasteiger partial charge < -0.3 is 4.90 Å². The number of rotatable bonds is 5. The summed E-state index contributed by atoms with van der Waals surface area (Å²) < 4.78 is 1.88. The van der Waals surface area contributed by atoms with Crippen molar-refractivity contribution in [3.63, 3.8) is 0 Å². The molecule has 0 unspecified atom stereocenters. The molecule has 30 heavy (non-hydrogen) atoms. The molecule has 0 N–H and O–H groups in total. The number of nitrogens with zero attached hydrogens (tertiary/aromatic N) is 5. The smallest absolute Gasteiger partial charge is 0.257 e. The van der Waals surface area contributed by atoms with Crippen molar-refractivity contribution in [3.05, 3.63) is 81.9 Å². The first kappa shape index (κ1) is 20.6. The zero-order chi connectivity index (χ0) is 21.1. The van der Waals surface area contributed by atoms with Crippen LogP contribution in [0, 0.1) is 13.8 Å². The van der Waals surface area contributed by atoms with Gasteiger partial charge in [0.2, 0.25) is 0 Å². The maximum absolute atomic E-state index is 13.3. The highest BCUT2D eigenvalue weighted by Crippen LogP contribution is 2.21. The van der Waals surface area contributed by atoms with Crippen molar-refractivity contribution in [3.8, 4) is 0 Å². The van der Waals surface area contributed by atoms with Gasteiger partial charge in [0.15, 0.2) is 0 Å². The lowest BCUT2D eigenvalue weighted by molar-refractivity contribution is 0.0627. The van der Waals surface area contributed by atoms with Gasteiger partial charge in [-0.3, -0.25) is 19.4 Å². The molecule has 1 aliphatic heterocycles. The van der Waals surface area contributed by atoms with Crippen LogP contribution >= 0.6 is 11.6 Å². The number of aryl methyl sites for hydroxylation is 1. The second-order valence-corrected chi connectivity index (χ2v) is 8.13. The van der Waals surface area contributed by atoms with Gasteiger partial charge in [-0.15, -0.1) is 0 Å². The molecular weight excluding hydrogens is 398 g/mol. The summed E-state index contributed by atoms with van der Waals surface area (Å²) in [4.78, 5) is 21.6. The molecule has 3 heterocycles. The quantitative estimate of drug-likeness (QED) is 0.629. The number of carbonyl (C=O) groups excluding carboxylic acids is 1. The Bertz CT molecular complexity index is 1030. The second-order valence-electron chi connectivity index (χ2n) is 7.72. The molecule has 0 aliphatic carbocycles.